The van der Waals surface area contributed by atoms with Crippen LogP contribution in [-0.4, -0.2) is 36.4 Å². The number of pyridine rings is 1. The average molecular weight is 323 g/mol. The van der Waals surface area contributed by atoms with Crippen molar-refractivity contribution in [3.8, 4) is 0 Å². The molecule has 0 aliphatic carbocycles. The summed E-state index contributed by atoms with van der Waals surface area (Å²) in [6, 6.07) is 2.77. The number of hydrogen-bond acceptors (Lipinski definition) is 4. The van der Waals surface area contributed by atoms with Gasteiger partial charge in [0.15, 0.2) is 9.84 Å². The third-order valence-electron chi connectivity index (χ3n) is 2.94. The van der Waals surface area contributed by atoms with Crippen molar-refractivity contribution >= 4 is 38.9 Å². The number of carbonyl (C=O) groups is 1. The zero-order valence-corrected chi connectivity index (χ0v) is 12.4. The highest BCUT2D eigenvalue weighted by atomic mass is 35.5. The Balaban J connectivity index is 2.18. The van der Waals surface area contributed by atoms with Crippen LogP contribution in [0.4, 0.5) is 0 Å². The molecule has 5 nitrogen and oxygen atoms in total. The van der Waals surface area contributed by atoms with Gasteiger partial charge in [-0.25, -0.2) is 13.4 Å². The molecule has 1 amide bonds. The second kappa shape index (κ2) is 4.92. The van der Waals surface area contributed by atoms with Gasteiger partial charge in [0.1, 0.15) is 10.3 Å². The normalized spacial score (nSPS) is 25.2. The van der Waals surface area contributed by atoms with E-state index in [-0.39, 0.29) is 27.4 Å². The van der Waals surface area contributed by atoms with Gasteiger partial charge in [0.05, 0.1) is 17.0 Å². The van der Waals surface area contributed by atoms with E-state index in [9.17, 15) is 13.2 Å². The minimum atomic E-state index is -3.08. The Morgan fingerprint density at radius 3 is 2.42 bits per heavy atom. The zero-order chi connectivity index (χ0) is 14.3. The van der Waals surface area contributed by atoms with Gasteiger partial charge >= 0.3 is 0 Å². The number of nitrogens with zero attached hydrogens (tertiary/aromatic N) is 1. The Morgan fingerprint density at radius 1 is 1.37 bits per heavy atom. The predicted octanol–water partition coefficient (Wildman–Crippen LogP) is 1.70. The summed E-state index contributed by atoms with van der Waals surface area (Å²) in [7, 11) is -3.08. The standard InChI is InChI=1S/C11H12Cl2N2O3S/c1-11(2-3-19(17,18)6-11)15-10(16)7-4-8(12)14-9(13)5-7/h4-5H,2-3,6H2,1H3,(H,15,16). The van der Waals surface area contributed by atoms with E-state index in [0.717, 1.165) is 0 Å². The Bertz CT molecular complexity index is 613. The van der Waals surface area contributed by atoms with Crippen LogP contribution in [0, 0.1) is 0 Å². The third kappa shape index (κ3) is 3.58. The number of amides is 1. The van der Waals surface area contributed by atoms with Gasteiger partial charge in [-0.3, -0.25) is 4.79 Å². The Morgan fingerprint density at radius 2 is 1.95 bits per heavy atom. The van der Waals surface area contributed by atoms with Crippen molar-refractivity contribution in [3.63, 3.8) is 0 Å². The molecule has 2 rings (SSSR count). The number of nitrogens with one attached hydrogen (secondary N) is 1. The first-order valence-electron chi connectivity index (χ1n) is 5.55. The van der Waals surface area contributed by atoms with Gasteiger partial charge in [0.2, 0.25) is 0 Å². The van der Waals surface area contributed by atoms with Crippen LogP contribution in [-0.2, 0) is 9.84 Å². The first-order chi connectivity index (χ1) is 8.69. The van der Waals surface area contributed by atoms with Crippen LogP contribution in [0.5, 0.6) is 0 Å². The first-order valence-corrected chi connectivity index (χ1v) is 8.13. The van der Waals surface area contributed by atoms with E-state index in [1.165, 1.54) is 12.1 Å². The van der Waals surface area contributed by atoms with Crippen LogP contribution < -0.4 is 5.32 Å². The second-order valence-corrected chi connectivity index (χ2v) is 7.82. The van der Waals surface area contributed by atoms with E-state index < -0.39 is 21.3 Å². The third-order valence-corrected chi connectivity index (χ3v) is 5.23. The fourth-order valence-corrected chi connectivity index (χ4v) is 4.60. The maximum Gasteiger partial charge on any atom is 0.251 e. The molecule has 104 valence electrons. The molecule has 8 heteroatoms. The lowest BCUT2D eigenvalue weighted by Gasteiger charge is -2.23. The molecule has 1 aromatic rings. The van der Waals surface area contributed by atoms with Crippen LogP contribution in [0.3, 0.4) is 0 Å². The summed E-state index contributed by atoms with van der Waals surface area (Å²) >= 11 is 11.4. The summed E-state index contributed by atoms with van der Waals surface area (Å²) in [5, 5.41) is 2.94. The summed E-state index contributed by atoms with van der Waals surface area (Å²) in [4.78, 5) is 15.8. The molecule has 0 saturated carbocycles. The van der Waals surface area contributed by atoms with E-state index in [1.807, 2.05) is 0 Å². The Hall–Kier alpha value is -0.850. The van der Waals surface area contributed by atoms with Crippen LogP contribution in [0.2, 0.25) is 10.3 Å². The van der Waals surface area contributed by atoms with Crippen molar-refractivity contribution < 1.29 is 13.2 Å². The Labute approximate surface area is 121 Å². The number of hydrogen-bond donors (Lipinski definition) is 1. The minimum Gasteiger partial charge on any atom is -0.346 e. The number of rotatable bonds is 2. The molecular weight excluding hydrogens is 311 g/mol. The molecule has 1 aliphatic heterocycles. The van der Waals surface area contributed by atoms with Crippen LogP contribution in [0.15, 0.2) is 12.1 Å². The average Bonchev–Trinajstić information content (AvgIpc) is 2.51. The molecule has 1 aromatic heterocycles. The van der Waals surface area contributed by atoms with Crippen molar-refractivity contribution in [1.29, 1.82) is 0 Å². The Kier molecular flexibility index (Phi) is 3.77. The quantitative estimate of drug-likeness (QED) is 0.841. The van der Waals surface area contributed by atoms with E-state index in [2.05, 4.69) is 10.3 Å². The summed E-state index contributed by atoms with van der Waals surface area (Å²) in [5.74, 6) is -0.384. The molecule has 1 atom stereocenters. The minimum absolute atomic E-state index is 0.0573. The van der Waals surface area contributed by atoms with E-state index in [4.69, 9.17) is 23.2 Å². The molecule has 2 heterocycles. The van der Waals surface area contributed by atoms with Crippen molar-refractivity contribution in [2.75, 3.05) is 11.5 Å². The van der Waals surface area contributed by atoms with Gasteiger partial charge < -0.3 is 5.32 Å². The lowest BCUT2D eigenvalue weighted by atomic mass is 10.0. The molecule has 0 aromatic carbocycles. The maximum atomic E-state index is 12.1. The molecule has 0 radical (unpaired) electrons. The fourth-order valence-electron chi connectivity index (χ4n) is 2.05. The van der Waals surface area contributed by atoms with Gasteiger partial charge in [0, 0.05) is 5.56 Å². The molecule has 0 bridgehead atoms. The predicted molar refractivity (Wildman–Crippen MR) is 73.4 cm³/mol. The van der Waals surface area contributed by atoms with Crippen LogP contribution >= 0.6 is 23.2 Å². The van der Waals surface area contributed by atoms with Gasteiger partial charge in [-0.05, 0) is 25.5 Å². The summed E-state index contributed by atoms with van der Waals surface area (Å²) < 4.78 is 22.9. The second-order valence-electron chi connectivity index (χ2n) is 4.86. The SMILES string of the molecule is CC1(NC(=O)c2cc(Cl)nc(Cl)c2)CCS(=O)(=O)C1. The number of sulfone groups is 1. The molecule has 0 spiro atoms. The molecule has 1 fully saturated rings. The van der Waals surface area contributed by atoms with E-state index in [0.29, 0.717) is 6.42 Å². The number of carbonyl (C=O) groups excluding carboxylic acids is 1. The van der Waals surface area contributed by atoms with Gasteiger partial charge in [-0.2, -0.15) is 0 Å². The molecule has 19 heavy (non-hydrogen) atoms. The number of aromatic nitrogens is 1. The van der Waals surface area contributed by atoms with Crippen molar-refractivity contribution in [3.05, 3.63) is 28.0 Å². The lowest BCUT2D eigenvalue weighted by Crippen LogP contribution is -2.46. The van der Waals surface area contributed by atoms with Crippen molar-refractivity contribution in [2.24, 2.45) is 0 Å². The monoisotopic (exact) mass is 322 g/mol. The van der Waals surface area contributed by atoms with Gasteiger partial charge in [-0.15, -0.1) is 0 Å². The lowest BCUT2D eigenvalue weighted by molar-refractivity contribution is 0.0915. The first kappa shape index (κ1) is 14.6. The molecular formula is C11H12Cl2N2O3S. The molecule has 1 saturated heterocycles. The summed E-state index contributed by atoms with van der Waals surface area (Å²) in [5.41, 5.74) is -0.492. The number of halogens is 2. The van der Waals surface area contributed by atoms with Crippen LogP contribution in [0.1, 0.15) is 23.7 Å². The van der Waals surface area contributed by atoms with Crippen molar-refractivity contribution in [2.45, 2.75) is 18.9 Å². The zero-order valence-electron chi connectivity index (χ0n) is 10.1. The highest BCUT2D eigenvalue weighted by Crippen LogP contribution is 2.24. The summed E-state index contributed by atoms with van der Waals surface area (Å²) in [6.45, 7) is 1.71. The van der Waals surface area contributed by atoms with E-state index >= 15 is 0 Å². The maximum absolute atomic E-state index is 12.1. The molecule has 1 aliphatic rings. The van der Waals surface area contributed by atoms with Gasteiger partial charge in [0.25, 0.3) is 5.91 Å². The highest BCUT2D eigenvalue weighted by molar-refractivity contribution is 7.91. The fraction of sp³-hybridized carbons (Fsp3) is 0.455. The van der Waals surface area contributed by atoms with Crippen molar-refractivity contribution in [1.82, 2.24) is 10.3 Å². The van der Waals surface area contributed by atoms with E-state index in [1.54, 1.807) is 6.92 Å². The largest absolute Gasteiger partial charge is 0.346 e. The summed E-state index contributed by atoms with van der Waals surface area (Å²) in [6.07, 6.45) is 0.396. The highest BCUT2D eigenvalue weighted by Gasteiger charge is 2.39. The smallest absolute Gasteiger partial charge is 0.251 e. The van der Waals surface area contributed by atoms with Gasteiger partial charge in [-0.1, -0.05) is 23.2 Å². The van der Waals surface area contributed by atoms with Crippen LogP contribution in [0.25, 0.3) is 0 Å². The molecule has 1 N–H and O–H groups in total. The topological polar surface area (TPSA) is 76.1 Å². The molecule has 1 unspecified atom stereocenters.